The lowest BCUT2D eigenvalue weighted by Gasteiger charge is -2.06. The van der Waals surface area contributed by atoms with Crippen molar-refractivity contribution in [2.24, 2.45) is 11.5 Å². The summed E-state index contributed by atoms with van der Waals surface area (Å²) in [5.41, 5.74) is 8.94. The van der Waals surface area contributed by atoms with Crippen LogP contribution in [0, 0.1) is 5.41 Å². The fourth-order valence-corrected chi connectivity index (χ4v) is 0.832. The van der Waals surface area contributed by atoms with Gasteiger partial charge in [0.15, 0.2) is 17.5 Å². The van der Waals surface area contributed by atoms with E-state index in [1.807, 2.05) is 0 Å². The number of carboxylic acid groups (broad SMARTS) is 1. The molecule has 8 heteroatoms. The van der Waals surface area contributed by atoms with Crippen LogP contribution in [0.2, 0.25) is 0 Å². The van der Waals surface area contributed by atoms with Gasteiger partial charge >= 0.3 is 0 Å². The van der Waals surface area contributed by atoms with Gasteiger partial charge in [0.05, 0.1) is 14.2 Å². The maximum Gasteiger partial charge on any atom is 0.300 e. The zero-order chi connectivity index (χ0) is 15.4. The lowest BCUT2D eigenvalue weighted by atomic mass is 10.3. The molecule has 0 amide bonds. The number of nitrogens with one attached hydrogen (secondary N) is 1. The lowest BCUT2D eigenvalue weighted by Crippen LogP contribution is -2.20. The van der Waals surface area contributed by atoms with Crippen molar-refractivity contribution in [3.8, 4) is 17.2 Å². The molecule has 19 heavy (non-hydrogen) atoms. The van der Waals surface area contributed by atoms with Gasteiger partial charge in [-0.3, -0.25) is 10.2 Å². The molecule has 0 saturated carbocycles. The largest absolute Gasteiger partial charge is 0.502 e. The topological polar surface area (TPSA) is 152 Å². The van der Waals surface area contributed by atoms with Crippen molar-refractivity contribution in [2.45, 2.75) is 6.92 Å². The van der Waals surface area contributed by atoms with Gasteiger partial charge in [0, 0.05) is 6.92 Å². The smallest absolute Gasteiger partial charge is 0.300 e. The third-order valence-corrected chi connectivity index (χ3v) is 1.40. The molecule has 1 rings (SSSR count). The average molecular weight is 273 g/mol. The van der Waals surface area contributed by atoms with Gasteiger partial charge in [0.2, 0.25) is 5.75 Å². The Morgan fingerprint density at radius 1 is 1.21 bits per heavy atom. The van der Waals surface area contributed by atoms with Crippen LogP contribution < -0.4 is 20.9 Å². The first-order chi connectivity index (χ1) is 8.76. The molecule has 0 bridgehead atoms. The highest BCUT2D eigenvalue weighted by Gasteiger charge is 2.05. The summed E-state index contributed by atoms with van der Waals surface area (Å²) in [5.74, 6) is -0.286. The molecule has 0 aromatic heterocycles. The zero-order valence-electron chi connectivity index (χ0n) is 11.0. The molecule has 0 fully saturated rings. The van der Waals surface area contributed by atoms with E-state index >= 15 is 0 Å². The number of phenols is 1. The number of nitrogens with two attached hydrogens (primary N) is 2. The van der Waals surface area contributed by atoms with E-state index in [-0.39, 0.29) is 11.7 Å². The van der Waals surface area contributed by atoms with Gasteiger partial charge < -0.3 is 31.2 Å². The number of hydrogen-bond acceptors (Lipinski definition) is 5. The van der Waals surface area contributed by atoms with E-state index in [1.54, 1.807) is 18.2 Å². The molecular weight excluding hydrogens is 254 g/mol. The number of rotatable bonds is 2. The Labute approximate surface area is 111 Å². The minimum absolute atomic E-state index is 0.0394. The van der Waals surface area contributed by atoms with Crippen LogP contribution in [0.15, 0.2) is 18.2 Å². The quantitative estimate of drug-likeness (QED) is 0.384. The van der Waals surface area contributed by atoms with Crippen molar-refractivity contribution in [3.63, 3.8) is 0 Å². The number of phenolic OH excluding ortho intramolecular Hbond substituents is 1. The summed E-state index contributed by atoms with van der Waals surface area (Å²) < 4.78 is 9.71. The highest BCUT2D eigenvalue weighted by molar-refractivity contribution is 5.71. The highest BCUT2D eigenvalue weighted by atomic mass is 16.5. The van der Waals surface area contributed by atoms with Crippen LogP contribution in [0.25, 0.3) is 0 Å². The van der Waals surface area contributed by atoms with Gasteiger partial charge in [-0.15, -0.1) is 0 Å². The van der Waals surface area contributed by atoms with Crippen LogP contribution in [0.1, 0.15) is 6.92 Å². The van der Waals surface area contributed by atoms with Crippen LogP contribution in [0.5, 0.6) is 17.2 Å². The molecule has 8 nitrogen and oxygen atoms in total. The summed E-state index contributed by atoms with van der Waals surface area (Å²) in [6.45, 7) is 1.08. The SMILES string of the molecule is CC(=O)O.COc1cccc(OC)c1O.N=C(N)N. The molecule has 0 radical (unpaired) electrons. The minimum atomic E-state index is -0.833. The second-order valence-electron chi connectivity index (χ2n) is 2.99. The number of carboxylic acids is 1. The lowest BCUT2D eigenvalue weighted by molar-refractivity contribution is -0.134. The highest BCUT2D eigenvalue weighted by Crippen LogP contribution is 2.34. The number of guanidine groups is 1. The molecular formula is C11H19N3O5. The van der Waals surface area contributed by atoms with Gasteiger partial charge in [0.25, 0.3) is 5.97 Å². The van der Waals surface area contributed by atoms with Gasteiger partial charge in [-0.2, -0.15) is 0 Å². The second-order valence-corrected chi connectivity index (χ2v) is 2.99. The maximum absolute atomic E-state index is 9.34. The minimum Gasteiger partial charge on any atom is -0.502 e. The molecule has 1 aromatic carbocycles. The molecule has 0 spiro atoms. The Morgan fingerprint density at radius 3 is 1.68 bits per heavy atom. The molecule has 0 aliphatic carbocycles. The van der Waals surface area contributed by atoms with E-state index in [0.29, 0.717) is 11.5 Å². The molecule has 0 unspecified atom stereocenters. The molecule has 1 aromatic rings. The summed E-state index contributed by atoms with van der Waals surface area (Å²) in [7, 11) is 2.99. The summed E-state index contributed by atoms with van der Waals surface area (Å²) >= 11 is 0. The first-order valence-electron chi connectivity index (χ1n) is 4.95. The third-order valence-electron chi connectivity index (χ3n) is 1.40. The number of methoxy groups -OCH3 is 2. The first kappa shape index (κ1) is 18.7. The number of carbonyl (C=O) groups is 1. The van der Waals surface area contributed by atoms with Crippen LogP contribution >= 0.6 is 0 Å². The Balaban J connectivity index is 0. The fraction of sp³-hybridized carbons (Fsp3) is 0.273. The summed E-state index contributed by atoms with van der Waals surface area (Å²) in [6, 6.07) is 5.08. The van der Waals surface area contributed by atoms with E-state index in [1.165, 1.54) is 14.2 Å². The standard InChI is InChI=1S/C8H10O3.C2H4O2.CH5N3/c1-10-6-4-3-5-7(11-2)8(6)9;1-2(3)4;2-1(3)4/h3-5,9H,1-2H3;1H3,(H,3,4);(H5,2,3,4). The molecule has 108 valence electrons. The summed E-state index contributed by atoms with van der Waals surface area (Å²) in [5, 5.41) is 22.8. The Kier molecular flexibility index (Phi) is 10.4. The fourth-order valence-electron chi connectivity index (χ4n) is 0.832. The third kappa shape index (κ3) is 11.6. The molecule has 0 aliphatic rings. The maximum atomic E-state index is 9.34. The number of ether oxygens (including phenoxy) is 2. The Hall–Kier alpha value is -2.64. The second kappa shape index (κ2) is 10.5. The van der Waals surface area contributed by atoms with E-state index in [4.69, 9.17) is 24.8 Å². The van der Waals surface area contributed by atoms with Crippen molar-refractivity contribution < 1.29 is 24.5 Å². The molecule has 0 saturated heterocycles. The van der Waals surface area contributed by atoms with E-state index in [9.17, 15) is 5.11 Å². The van der Waals surface area contributed by atoms with Crippen LogP contribution in [-0.2, 0) is 4.79 Å². The van der Waals surface area contributed by atoms with Gasteiger partial charge in [-0.05, 0) is 12.1 Å². The van der Waals surface area contributed by atoms with Crippen LogP contribution in [0.4, 0.5) is 0 Å². The van der Waals surface area contributed by atoms with Crippen molar-refractivity contribution in [1.82, 2.24) is 0 Å². The monoisotopic (exact) mass is 273 g/mol. The van der Waals surface area contributed by atoms with E-state index in [0.717, 1.165) is 6.92 Å². The van der Waals surface area contributed by atoms with E-state index in [2.05, 4.69) is 11.5 Å². The van der Waals surface area contributed by atoms with Crippen molar-refractivity contribution in [2.75, 3.05) is 14.2 Å². The molecule has 0 heterocycles. The Morgan fingerprint density at radius 2 is 1.47 bits per heavy atom. The normalized spacial score (nSPS) is 7.95. The molecule has 0 atom stereocenters. The van der Waals surface area contributed by atoms with Crippen molar-refractivity contribution in [3.05, 3.63) is 18.2 Å². The first-order valence-corrected chi connectivity index (χ1v) is 4.95. The predicted octanol–water partition coefficient (Wildman–Crippen LogP) is 0.339. The number of para-hydroxylation sites is 1. The average Bonchev–Trinajstić information content (AvgIpc) is 2.28. The molecule has 7 N–H and O–H groups in total. The Bertz CT molecular complexity index is 367. The molecule has 0 aliphatic heterocycles. The number of aromatic hydroxyl groups is 1. The van der Waals surface area contributed by atoms with Gasteiger partial charge in [-0.25, -0.2) is 0 Å². The summed E-state index contributed by atoms with van der Waals surface area (Å²) in [6.07, 6.45) is 0. The number of benzene rings is 1. The number of hydrogen-bond donors (Lipinski definition) is 5. The summed E-state index contributed by atoms with van der Waals surface area (Å²) in [4.78, 5) is 9.00. The zero-order valence-corrected chi connectivity index (χ0v) is 11.0. The number of aliphatic carboxylic acids is 1. The van der Waals surface area contributed by atoms with Crippen LogP contribution in [0.3, 0.4) is 0 Å². The van der Waals surface area contributed by atoms with Crippen molar-refractivity contribution in [1.29, 1.82) is 5.41 Å². The predicted molar refractivity (Wildman–Crippen MR) is 70.6 cm³/mol. The van der Waals surface area contributed by atoms with E-state index < -0.39 is 5.97 Å². The van der Waals surface area contributed by atoms with Gasteiger partial charge in [0.1, 0.15) is 0 Å². The van der Waals surface area contributed by atoms with Crippen LogP contribution in [-0.4, -0.2) is 36.4 Å². The van der Waals surface area contributed by atoms with Crippen molar-refractivity contribution >= 4 is 11.9 Å². The van der Waals surface area contributed by atoms with Gasteiger partial charge in [-0.1, -0.05) is 6.07 Å².